The molecular weight excluding hydrogens is 255 g/mol. The summed E-state index contributed by atoms with van der Waals surface area (Å²) in [6.45, 7) is 0. The predicted octanol–water partition coefficient (Wildman–Crippen LogP) is 3.80. The first kappa shape index (κ1) is 12.9. The van der Waals surface area contributed by atoms with Gasteiger partial charge in [-0.25, -0.2) is 4.39 Å². The summed E-state index contributed by atoms with van der Waals surface area (Å²) < 4.78 is 13.0. The lowest BCUT2D eigenvalue weighted by molar-refractivity contribution is -0.139. The van der Waals surface area contributed by atoms with Gasteiger partial charge in [-0.2, -0.15) is 0 Å². The monoisotopic (exact) mass is 270 g/mol. The Morgan fingerprint density at radius 3 is 2.35 bits per heavy atom. The molecule has 0 bridgehead atoms. The van der Waals surface area contributed by atoms with Gasteiger partial charge in [0.15, 0.2) is 0 Å². The summed E-state index contributed by atoms with van der Waals surface area (Å²) in [5.74, 6) is -1.34. The second kappa shape index (κ2) is 5.08. The summed E-state index contributed by atoms with van der Waals surface area (Å²) >= 11 is 0. The smallest absolute Gasteiger partial charge is 0.311 e. The molecule has 3 heteroatoms. The molecule has 0 amide bonds. The molecule has 0 aromatic heterocycles. The molecule has 102 valence electrons. The van der Waals surface area contributed by atoms with E-state index in [0.29, 0.717) is 11.5 Å². The maximum Gasteiger partial charge on any atom is 0.311 e. The molecule has 3 unspecified atom stereocenters. The van der Waals surface area contributed by atoms with Gasteiger partial charge in [0, 0.05) is 0 Å². The summed E-state index contributed by atoms with van der Waals surface area (Å²) in [7, 11) is 0. The van der Waals surface area contributed by atoms with Gasteiger partial charge in [0.1, 0.15) is 5.82 Å². The lowest BCUT2D eigenvalue weighted by Crippen LogP contribution is -2.14. The molecule has 2 aromatic carbocycles. The molecule has 1 saturated carbocycles. The molecule has 0 aliphatic heterocycles. The average molecular weight is 270 g/mol. The minimum Gasteiger partial charge on any atom is -0.481 e. The van der Waals surface area contributed by atoms with E-state index in [2.05, 4.69) is 0 Å². The van der Waals surface area contributed by atoms with Crippen LogP contribution in [0.4, 0.5) is 4.39 Å². The lowest BCUT2D eigenvalue weighted by Gasteiger charge is -2.12. The van der Waals surface area contributed by atoms with E-state index in [1.807, 2.05) is 30.3 Å². The van der Waals surface area contributed by atoms with Crippen LogP contribution in [0.25, 0.3) is 0 Å². The zero-order valence-electron chi connectivity index (χ0n) is 10.9. The maximum absolute atomic E-state index is 13.0. The Hall–Kier alpha value is -2.16. The van der Waals surface area contributed by atoms with E-state index < -0.39 is 11.9 Å². The molecule has 1 N–H and O–H groups in total. The van der Waals surface area contributed by atoms with Crippen LogP contribution in [-0.4, -0.2) is 11.1 Å². The average Bonchev–Trinajstić information content (AvgIpc) is 3.22. The molecule has 0 radical (unpaired) electrons. The van der Waals surface area contributed by atoms with Crippen molar-refractivity contribution < 1.29 is 14.3 Å². The van der Waals surface area contributed by atoms with E-state index in [1.54, 1.807) is 12.1 Å². The molecule has 2 aromatic rings. The van der Waals surface area contributed by atoms with E-state index >= 15 is 0 Å². The van der Waals surface area contributed by atoms with Gasteiger partial charge in [-0.05, 0) is 41.5 Å². The van der Waals surface area contributed by atoms with Crippen molar-refractivity contribution in [1.29, 1.82) is 0 Å². The van der Waals surface area contributed by atoms with Crippen molar-refractivity contribution in [2.75, 3.05) is 0 Å². The van der Waals surface area contributed by atoms with Crippen molar-refractivity contribution in [2.45, 2.75) is 18.3 Å². The maximum atomic E-state index is 13.0. The largest absolute Gasteiger partial charge is 0.481 e. The van der Waals surface area contributed by atoms with E-state index in [-0.39, 0.29) is 11.7 Å². The van der Waals surface area contributed by atoms with Gasteiger partial charge in [-0.1, -0.05) is 42.5 Å². The van der Waals surface area contributed by atoms with E-state index in [9.17, 15) is 14.3 Å². The number of hydrogen-bond donors (Lipinski definition) is 1. The minimum atomic E-state index is -0.833. The highest BCUT2D eigenvalue weighted by Gasteiger charge is 2.47. The van der Waals surface area contributed by atoms with Crippen LogP contribution in [0, 0.1) is 11.7 Å². The Morgan fingerprint density at radius 1 is 1.10 bits per heavy atom. The Balaban J connectivity index is 1.83. The predicted molar refractivity (Wildman–Crippen MR) is 74.1 cm³/mol. The fraction of sp³-hybridized carbons (Fsp3) is 0.235. The number of benzene rings is 2. The third-order valence-electron chi connectivity index (χ3n) is 3.99. The molecule has 3 atom stereocenters. The van der Waals surface area contributed by atoms with Crippen LogP contribution in [-0.2, 0) is 4.79 Å². The van der Waals surface area contributed by atoms with Crippen LogP contribution in [0.15, 0.2) is 54.6 Å². The Labute approximate surface area is 116 Å². The summed E-state index contributed by atoms with van der Waals surface area (Å²) in [6.07, 6.45) is 0.873. The van der Waals surface area contributed by atoms with Crippen molar-refractivity contribution in [3.05, 3.63) is 71.5 Å². The van der Waals surface area contributed by atoms with Crippen LogP contribution < -0.4 is 0 Å². The second-order valence-corrected chi connectivity index (χ2v) is 5.28. The summed E-state index contributed by atoms with van der Waals surface area (Å²) in [6, 6.07) is 15.8. The number of halogens is 1. The lowest BCUT2D eigenvalue weighted by atomic mass is 9.92. The first-order valence-electron chi connectivity index (χ1n) is 6.70. The van der Waals surface area contributed by atoms with Crippen LogP contribution in [0.5, 0.6) is 0 Å². The zero-order chi connectivity index (χ0) is 14.1. The van der Waals surface area contributed by atoms with Crippen LogP contribution in [0.2, 0.25) is 0 Å². The molecule has 1 aliphatic carbocycles. The van der Waals surface area contributed by atoms with Gasteiger partial charge in [0.05, 0.1) is 5.92 Å². The number of carboxylic acid groups (broad SMARTS) is 1. The molecule has 20 heavy (non-hydrogen) atoms. The summed E-state index contributed by atoms with van der Waals surface area (Å²) in [5.41, 5.74) is 1.87. The summed E-state index contributed by atoms with van der Waals surface area (Å²) in [4.78, 5) is 11.5. The number of rotatable bonds is 4. The normalized spacial score (nSPS) is 22.2. The second-order valence-electron chi connectivity index (χ2n) is 5.28. The van der Waals surface area contributed by atoms with Gasteiger partial charge < -0.3 is 5.11 Å². The Kier molecular flexibility index (Phi) is 3.26. The highest BCUT2D eigenvalue weighted by Crippen LogP contribution is 2.55. The third-order valence-corrected chi connectivity index (χ3v) is 3.99. The molecule has 2 nitrogen and oxygen atoms in total. The molecule has 0 heterocycles. The third kappa shape index (κ3) is 2.44. The number of carbonyl (C=O) groups is 1. The highest BCUT2D eigenvalue weighted by atomic mass is 19.1. The first-order valence-corrected chi connectivity index (χ1v) is 6.70. The van der Waals surface area contributed by atoms with E-state index in [1.165, 1.54) is 17.7 Å². The Morgan fingerprint density at radius 2 is 1.75 bits per heavy atom. The van der Waals surface area contributed by atoms with Gasteiger partial charge in [-0.3, -0.25) is 4.79 Å². The molecule has 1 fully saturated rings. The van der Waals surface area contributed by atoms with Crippen molar-refractivity contribution in [2.24, 2.45) is 5.92 Å². The standard InChI is InChI=1S/C17H15FO2/c18-13-8-6-12(7-9-13)16(17(19)20)15-10-14(15)11-4-2-1-3-5-11/h1-9,14-16H,10H2,(H,19,20). The van der Waals surface area contributed by atoms with E-state index in [4.69, 9.17) is 0 Å². The van der Waals surface area contributed by atoms with Gasteiger partial charge >= 0.3 is 5.97 Å². The van der Waals surface area contributed by atoms with Crippen molar-refractivity contribution >= 4 is 5.97 Å². The van der Waals surface area contributed by atoms with Gasteiger partial charge in [0.2, 0.25) is 0 Å². The fourth-order valence-electron chi connectivity index (χ4n) is 2.91. The van der Waals surface area contributed by atoms with Crippen LogP contribution in [0.1, 0.15) is 29.4 Å². The minimum absolute atomic E-state index is 0.0976. The van der Waals surface area contributed by atoms with Crippen molar-refractivity contribution in [3.8, 4) is 0 Å². The summed E-state index contributed by atoms with van der Waals surface area (Å²) in [5, 5.41) is 9.48. The topological polar surface area (TPSA) is 37.3 Å². The van der Waals surface area contributed by atoms with Crippen LogP contribution in [0.3, 0.4) is 0 Å². The zero-order valence-corrected chi connectivity index (χ0v) is 10.9. The van der Waals surface area contributed by atoms with Gasteiger partial charge in [0.25, 0.3) is 0 Å². The van der Waals surface area contributed by atoms with Gasteiger partial charge in [-0.15, -0.1) is 0 Å². The number of hydrogen-bond acceptors (Lipinski definition) is 1. The molecule has 0 spiro atoms. The fourth-order valence-corrected chi connectivity index (χ4v) is 2.91. The quantitative estimate of drug-likeness (QED) is 0.917. The first-order chi connectivity index (χ1) is 9.66. The van der Waals surface area contributed by atoms with Crippen molar-refractivity contribution in [1.82, 2.24) is 0 Å². The number of carboxylic acids is 1. The van der Waals surface area contributed by atoms with Crippen molar-refractivity contribution in [3.63, 3.8) is 0 Å². The molecular formula is C17H15FO2. The molecule has 0 saturated heterocycles. The molecule has 1 aliphatic rings. The highest BCUT2D eigenvalue weighted by molar-refractivity contribution is 5.77. The number of aliphatic carboxylic acids is 1. The SMILES string of the molecule is O=C(O)C(c1ccc(F)cc1)C1CC1c1ccccc1. The molecule has 3 rings (SSSR count). The van der Waals surface area contributed by atoms with Crippen LogP contribution >= 0.6 is 0 Å². The Bertz CT molecular complexity index is 607. The van der Waals surface area contributed by atoms with E-state index in [0.717, 1.165) is 6.42 Å².